The molecule has 2 amide bonds. The van der Waals surface area contributed by atoms with E-state index in [2.05, 4.69) is 15.5 Å². The maximum absolute atomic E-state index is 13.1. The van der Waals surface area contributed by atoms with Crippen LogP contribution in [0.15, 0.2) is 93.2 Å². The Morgan fingerprint density at radius 2 is 1.91 bits per heavy atom. The van der Waals surface area contributed by atoms with Gasteiger partial charge < -0.3 is 9.73 Å². The third-order valence-electron chi connectivity index (χ3n) is 5.01. The molecule has 1 aromatic heterocycles. The summed E-state index contributed by atoms with van der Waals surface area (Å²) >= 11 is 7.11. The molecular weight excluding hydrogens is 484 g/mol. The van der Waals surface area contributed by atoms with Crippen LogP contribution in [-0.2, 0) is 16.1 Å². The van der Waals surface area contributed by atoms with Gasteiger partial charge in [0.2, 0.25) is 11.8 Å². The van der Waals surface area contributed by atoms with Crippen molar-refractivity contribution < 1.29 is 14.0 Å². The average Bonchev–Trinajstić information content (AvgIpc) is 3.45. The predicted octanol–water partition coefficient (Wildman–Crippen LogP) is 5.85. The van der Waals surface area contributed by atoms with E-state index in [1.807, 2.05) is 43.3 Å². The quantitative estimate of drug-likeness (QED) is 0.306. The summed E-state index contributed by atoms with van der Waals surface area (Å²) in [7, 11) is 0. The number of rotatable bonds is 8. The molecule has 7 nitrogen and oxygen atoms in total. The minimum absolute atomic E-state index is 0.00352. The van der Waals surface area contributed by atoms with Crippen molar-refractivity contribution in [3.63, 3.8) is 0 Å². The van der Waals surface area contributed by atoms with E-state index in [1.54, 1.807) is 48.9 Å². The molecule has 1 fully saturated rings. The van der Waals surface area contributed by atoms with Gasteiger partial charge >= 0.3 is 0 Å². The Morgan fingerprint density at radius 3 is 2.63 bits per heavy atom. The van der Waals surface area contributed by atoms with Crippen LogP contribution in [0.5, 0.6) is 0 Å². The zero-order valence-corrected chi connectivity index (χ0v) is 20.5. The number of furan rings is 1. The summed E-state index contributed by atoms with van der Waals surface area (Å²) in [5.41, 5.74) is 2.58. The molecule has 2 heterocycles. The molecule has 1 saturated heterocycles. The van der Waals surface area contributed by atoms with Crippen molar-refractivity contribution in [2.75, 3.05) is 5.32 Å². The number of benzene rings is 2. The molecule has 0 saturated carbocycles. The van der Waals surface area contributed by atoms with Crippen LogP contribution in [0.25, 0.3) is 6.08 Å². The van der Waals surface area contributed by atoms with Gasteiger partial charge in [0.15, 0.2) is 5.17 Å². The molecule has 0 spiro atoms. The van der Waals surface area contributed by atoms with Gasteiger partial charge in [-0.1, -0.05) is 59.8 Å². The largest absolute Gasteiger partial charge is 0.467 e. The molecule has 0 bridgehead atoms. The third kappa shape index (κ3) is 6.94. The van der Waals surface area contributed by atoms with E-state index in [0.29, 0.717) is 21.6 Å². The van der Waals surface area contributed by atoms with Crippen molar-refractivity contribution in [2.45, 2.75) is 25.1 Å². The summed E-state index contributed by atoms with van der Waals surface area (Å²) in [5.74, 6) is 0.118. The lowest BCUT2D eigenvalue weighted by atomic mass is 10.1. The SMILES string of the molecule is CC(=C/c1ccccc1)/C=N/N=C1\SC(CC(=O)Nc2ccc(Cl)cc2)C(=O)N1Cc1ccco1. The Hall–Kier alpha value is -3.62. The first-order valence-corrected chi connectivity index (χ1v) is 12.1. The number of carbonyl (C=O) groups is 2. The van der Waals surface area contributed by atoms with Crippen molar-refractivity contribution in [1.82, 2.24) is 4.90 Å². The van der Waals surface area contributed by atoms with Gasteiger partial charge in [0.25, 0.3) is 0 Å². The van der Waals surface area contributed by atoms with Crippen molar-refractivity contribution in [2.24, 2.45) is 10.2 Å². The fraction of sp³-hybridized carbons (Fsp3) is 0.154. The Balaban J connectivity index is 1.47. The first kappa shape index (κ1) is 24.5. The highest BCUT2D eigenvalue weighted by Gasteiger charge is 2.39. The molecule has 1 atom stereocenters. The monoisotopic (exact) mass is 506 g/mol. The lowest BCUT2D eigenvalue weighted by molar-refractivity contribution is -0.128. The number of hydrogen-bond donors (Lipinski definition) is 1. The van der Waals surface area contributed by atoms with Crippen LogP contribution < -0.4 is 5.32 Å². The van der Waals surface area contributed by atoms with E-state index in [0.717, 1.165) is 11.1 Å². The number of thioether (sulfide) groups is 1. The second-order valence-electron chi connectivity index (χ2n) is 7.80. The lowest BCUT2D eigenvalue weighted by Crippen LogP contribution is -2.33. The van der Waals surface area contributed by atoms with Gasteiger partial charge in [0.05, 0.1) is 19.0 Å². The Bertz CT molecular complexity index is 1260. The maximum Gasteiger partial charge on any atom is 0.243 e. The predicted molar refractivity (Wildman–Crippen MR) is 141 cm³/mol. The number of allylic oxidation sites excluding steroid dienone is 1. The van der Waals surface area contributed by atoms with Gasteiger partial charge in [-0.2, -0.15) is 5.10 Å². The second-order valence-corrected chi connectivity index (χ2v) is 9.40. The summed E-state index contributed by atoms with van der Waals surface area (Å²) in [6.07, 6.45) is 5.17. The Morgan fingerprint density at radius 1 is 1.14 bits per heavy atom. The minimum atomic E-state index is -0.618. The molecule has 3 aromatic rings. The highest BCUT2D eigenvalue weighted by atomic mass is 35.5. The smallest absolute Gasteiger partial charge is 0.243 e. The van der Waals surface area contributed by atoms with Crippen LogP contribution >= 0.6 is 23.4 Å². The summed E-state index contributed by atoms with van der Waals surface area (Å²) in [6.45, 7) is 2.13. The molecule has 1 aliphatic rings. The van der Waals surface area contributed by atoms with Crippen LogP contribution in [0.3, 0.4) is 0 Å². The van der Waals surface area contributed by atoms with Gasteiger partial charge in [-0.05, 0) is 54.5 Å². The summed E-state index contributed by atoms with van der Waals surface area (Å²) in [5, 5.41) is 11.7. The zero-order chi connectivity index (χ0) is 24.6. The number of halogens is 1. The molecule has 0 aliphatic carbocycles. The maximum atomic E-state index is 13.1. The van der Waals surface area contributed by atoms with Crippen molar-refractivity contribution in [1.29, 1.82) is 0 Å². The number of nitrogens with zero attached hydrogens (tertiary/aromatic N) is 3. The van der Waals surface area contributed by atoms with Crippen molar-refractivity contribution in [3.05, 3.63) is 94.9 Å². The normalized spacial score (nSPS) is 17.5. The van der Waals surface area contributed by atoms with Crippen LogP contribution in [0.2, 0.25) is 5.02 Å². The van der Waals surface area contributed by atoms with E-state index in [1.165, 1.54) is 16.7 Å². The van der Waals surface area contributed by atoms with E-state index in [-0.39, 0.29) is 24.8 Å². The molecule has 1 aliphatic heterocycles. The van der Waals surface area contributed by atoms with Crippen molar-refractivity contribution >= 4 is 58.3 Å². The standard InChI is InChI=1S/C26H23ClN4O3S/c1-18(14-19-6-3-2-4-7-19)16-28-30-26-31(17-22-8-5-13-34-22)25(33)23(35-26)15-24(32)29-21-11-9-20(27)10-12-21/h2-14,16,23H,15,17H2,1H3,(H,29,32)/b18-14-,28-16+,30-26-. The molecule has 9 heteroatoms. The number of carbonyl (C=O) groups excluding carboxylic acids is 2. The number of nitrogens with one attached hydrogen (secondary N) is 1. The summed E-state index contributed by atoms with van der Waals surface area (Å²) in [6, 6.07) is 20.2. The first-order chi connectivity index (χ1) is 17.0. The number of amides is 2. The first-order valence-electron chi connectivity index (χ1n) is 10.9. The summed E-state index contributed by atoms with van der Waals surface area (Å²) < 4.78 is 5.41. The fourth-order valence-corrected chi connectivity index (χ4v) is 4.57. The molecule has 1 unspecified atom stereocenters. The molecule has 0 radical (unpaired) electrons. The number of hydrogen-bond acceptors (Lipinski definition) is 6. The second kappa shape index (κ2) is 11.7. The van der Waals surface area contributed by atoms with E-state index >= 15 is 0 Å². The van der Waals surface area contributed by atoms with Gasteiger partial charge in [-0.3, -0.25) is 14.5 Å². The Kier molecular flexibility index (Phi) is 8.18. The van der Waals surface area contributed by atoms with Gasteiger partial charge in [-0.25, -0.2) is 0 Å². The van der Waals surface area contributed by atoms with Gasteiger partial charge in [-0.15, -0.1) is 5.10 Å². The molecule has 178 valence electrons. The van der Waals surface area contributed by atoms with Crippen LogP contribution in [0.4, 0.5) is 5.69 Å². The van der Waals surface area contributed by atoms with Crippen LogP contribution in [-0.4, -0.2) is 33.3 Å². The van der Waals surface area contributed by atoms with Gasteiger partial charge in [0.1, 0.15) is 11.0 Å². The molecule has 1 N–H and O–H groups in total. The average molecular weight is 507 g/mol. The van der Waals surface area contributed by atoms with Crippen molar-refractivity contribution in [3.8, 4) is 0 Å². The highest BCUT2D eigenvalue weighted by Crippen LogP contribution is 2.31. The van der Waals surface area contributed by atoms with E-state index in [9.17, 15) is 9.59 Å². The molecule has 35 heavy (non-hydrogen) atoms. The van der Waals surface area contributed by atoms with Crippen LogP contribution in [0, 0.1) is 0 Å². The Labute approximate surface area is 212 Å². The fourth-order valence-electron chi connectivity index (χ4n) is 3.35. The van der Waals surface area contributed by atoms with E-state index in [4.69, 9.17) is 16.0 Å². The zero-order valence-electron chi connectivity index (χ0n) is 18.9. The minimum Gasteiger partial charge on any atom is -0.467 e. The molecule has 4 rings (SSSR count). The van der Waals surface area contributed by atoms with E-state index < -0.39 is 5.25 Å². The summed E-state index contributed by atoms with van der Waals surface area (Å²) in [4.78, 5) is 27.2. The highest BCUT2D eigenvalue weighted by molar-refractivity contribution is 8.15. The number of anilines is 1. The lowest BCUT2D eigenvalue weighted by Gasteiger charge is -2.14. The molecule has 2 aromatic carbocycles. The molecular formula is C26H23ClN4O3S. The topological polar surface area (TPSA) is 87.3 Å². The van der Waals surface area contributed by atoms with Gasteiger partial charge in [0, 0.05) is 17.1 Å². The van der Waals surface area contributed by atoms with Crippen LogP contribution in [0.1, 0.15) is 24.7 Å². The third-order valence-corrected chi connectivity index (χ3v) is 6.43. The number of amidine groups is 1.